The highest BCUT2D eigenvalue weighted by molar-refractivity contribution is 5.69. The Bertz CT molecular complexity index is 724. The van der Waals surface area contributed by atoms with Gasteiger partial charge in [0.05, 0.1) is 0 Å². The number of anilines is 1. The van der Waals surface area contributed by atoms with Crippen LogP contribution in [0.5, 0.6) is 0 Å². The first-order valence-corrected chi connectivity index (χ1v) is 8.28. The van der Waals surface area contributed by atoms with Gasteiger partial charge < -0.3 is 19.9 Å². The van der Waals surface area contributed by atoms with E-state index >= 15 is 0 Å². The van der Waals surface area contributed by atoms with Crippen LogP contribution in [0.4, 0.5) is 10.2 Å². The first-order chi connectivity index (χ1) is 12.3. The van der Waals surface area contributed by atoms with Gasteiger partial charge >= 0.3 is 17.6 Å². The summed E-state index contributed by atoms with van der Waals surface area (Å²) in [7, 11) is 0. The number of carbonyl (C=O) groups is 2. The molecule has 2 N–H and O–H groups in total. The molecular weight excluding hydrogens is 349 g/mol. The van der Waals surface area contributed by atoms with E-state index in [2.05, 4.69) is 4.98 Å². The zero-order valence-electron chi connectivity index (χ0n) is 14.6. The van der Waals surface area contributed by atoms with Gasteiger partial charge in [-0.05, 0) is 6.07 Å². The number of hydrogen-bond donors (Lipinski definition) is 1. The summed E-state index contributed by atoms with van der Waals surface area (Å²) in [5, 5.41) is 0. The van der Waals surface area contributed by atoms with Gasteiger partial charge in [0.25, 0.3) is 0 Å². The Hall–Kier alpha value is -2.49. The molecule has 0 aromatic carbocycles. The lowest BCUT2D eigenvalue weighted by Crippen LogP contribution is -2.48. The molecule has 3 atom stereocenters. The molecule has 9 nitrogen and oxygen atoms in total. The van der Waals surface area contributed by atoms with Crippen molar-refractivity contribution in [3.63, 3.8) is 0 Å². The lowest BCUT2D eigenvalue weighted by Gasteiger charge is -2.30. The van der Waals surface area contributed by atoms with E-state index in [1.165, 1.54) is 12.3 Å². The van der Waals surface area contributed by atoms with Crippen LogP contribution in [0.1, 0.15) is 39.3 Å². The van der Waals surface area contributed by atoms with E-state index in [0.29, 0.717) is 0 Å². The molecule has 0 unspecified atom stereocenters. The van der Waals surface area contributed by atoms with E-state index in [4.69, 9.17) is 19.9 Å². The normalized spacial score (nSPS) is 25.0. The second-order valence-corrected chi connectivity index (χ2v) is 5.90. The van der Waals surface area contributed by atoms with E-state index < -0.39 is 48.8 Å². The zero-order chi connectivity index (χ0) is 19.3. The molecular formula is C16H22FN3O6. The molecule has 2 heterocycles. The zero-order valence-corrected chi connectivity index (χ0v) is 14.6. The summed E-state index contributed by atoms with van der Waals surface area (Å²) in [5.41, 5.74) is 3.08. The van der Waals surface area contributed by atoms with Crippen molar-refractivity contribution < 1.29 is 28.2 Å². The Morgan fingerprint density at radius 3 is 2.69 bits per heavy atom. The van der Waals surface area contributed by atoms with Gasteiger partial charge in [0.15, 0.2) is 5.60 Å². The molecule has 1 saturated heterocycles. The minimum absolute atomic E-state index is 0.00480. The van der Waals surface area contributed by atoms with Gasteiger partial charge in [-0.3, -0.25) is 14.2 Å². The predicted molar refractivity (Wildman–Crippen MR) is 87.8 cm³/mol. The molecule has 0 saturated carbocycles. The second kappa shape index (κ2) is 8.26. The Labute approximate surface area is 149 Å². The molecule has 0 radical (unpaired) electrons. The number of nitrogens with zero attached hydrogens (tertiary/aromatic N) is 2. The minimum atomic E-state index is -1.69. The summed E-state index contributed by atoms with van der Waals surface area (Å²) in [6.45, 7) is 1.68. The quantitative estimate of drug-likeness (QED) is 0.696. The van der Waals surface area contributed by atoms with E-state index in [0.717, 1.165) is 4.57 Å². The molecule has 0 amide bonds. The highest BCUT2D eigenvalue weighted by atomic mass is 19.1. The number of alkyl halides is 1. The van der Waals surface area contributed by atoms with Crippen molar-refractivity contribution in [2.24, 2.45) is 0 Å². The van der Waals surface area contributed by atoms with E-state index in [9.17, 15) is 18.8 Å². The number of esters is 2. The molecule has 144 valence electrons. The van der Waals surface area contributed by atoms with Gasteiger partial charge in [0.2, 0.25) is 0 Å². The Balaban J connectivity index is 2.30. The number of nitrogens with two attached hydrogens (primary N) is 1. The number of hydrogen-bond acceptors (Lipinski definition) is 8. The molecule has 1 aromatic heterocycles. The number of ether oxygens (including phenoxy) is 3. The van der Waals surface area contributed by atoms with Gasteiger partial charge in [-0.25, -0.2) is 9.18 Å². The number of rotatable bonds is 7. The van der Waals surface area contributed by atoms with Crippen molar-refractivity contribution in [2.75, 3.05) is 19.0 Å². The van der Waals surface area contributed by atoms with Crippen molar-refractivity contribution >= 4 is 17.8 Å². The van der Waals surface area contributed by atoms with Crippen molar-refractivity contribution in [3.05, 3.63) is 22.7 Å². The van der Waals surface area contributed by atoms with Crippen LogP contribution >= 0.6 is 0 Å². The minimum Gasteiger partial charge on any atom is -0.462 e. The van der Waals surface area contributed by atoms with Crippen LogP contribution in [0.25, 0.3) is 0 Å². The van der Waals surface area contributed by atoms with Crippen LogP contribution in [-0.2, 0) is 23.8 Å². The predicted octanol–water partition coefficient (Wildman–Crippen LogP) is 0.728. The van der Waals surface area contributed by atoms with Crippen LogP contribution < -0.4 is 11.4 Å². The molecule has 1 fully saturated rings. The lowest BCUT2D eigenvalue weighted by molar-refractivity contribution is -0.181. The monoisotopic (exact) mass is 371 g/mol. The second-order valence-electron chi connectivity index (χ2n) is 5.90. The Kier molecular flexibility index (Phi) is 6.30. The van der Waals surface area contributed by atoms with Crippen LogP contribution in [0.2, 0.25) is 0 Å². The third kappa shape index (κ3) is 4.18. The highest BCUT2D eigenvalue weighted by Crippen LogP contribution is 2.39. The van der Waals surface area contributed by atoms with Gasteiger partial charge in [0, 0.05) is 25.5 Å². The largest absolute Gasteiger partial charge is 0.462 e. The summed E-state index contributed by atoms with van der Waals surface area (Å²) in [6.07, 6.45) is -0.417. The third-order valence-corrected chi connectivity index (χ3v) is 4.09. The molecule has 1 aliphatic heterocycles. The highest BCUT2D eigenvalue weighted by Gasteiger charge is 2.53. The van der Waals surface area contributed by atoms with E-state index in [1.807, 2.05) is 0 Å². The lowest BCUT2D eigenvalue weighted by atomic mass is 9.99. The first-order valence-electron chi connectivity index (χ1n) is 8.28. The number of halogens is 1. The number of nitrogen functional groups attached to an aromatic ring is 1. The maximum Gasteiger partial charge on any atom is 0.351 e. The topological polar surface area (TPSA) is 123 Å². The summed E-state index contributed by atoms with van der Waals surface area (Å²) in [4.78, 5) is 38.8. The van der Waals surface area contributed by atoms with Gasteiger partial charge in [-0.2, -0.15) is 4.98 Å². The molecule has 2 rings (SSSR count). The standard InChI is InChI=1S/C16H22FN3O6/c1-3-13(21)24-9-16(8-17)10(25-14(22)4-2)7-12(26-16)20-6-5-11(18)19-15(20)23/h5-6,10,12H,3-4,7-9H2,1-2H3,(H2,18,19,23)/t10-,12+,16+/m0/s1. The SMILES string of the molecule is CCC(=O)OC[C@@]1(CF)O[C@@H](n2ccc(N)nc2=O)C[C@@H]1OC(=O)CC. The average Bonchev–Trinajstić information content (AvgIpc) is 2.98. The van der Waals surface area contributed by atoms with E-state index in [1.54, 1.807) is 13.8 Å². The summed E-state index contributed by atoms with van der Waals surface area (Å²) < 4.78 is 31.1. The molecule has 1 aliphatic rings. The Morgan fingerprint density at radius 2 is 2.12 bits per heavy atom. The van der Waals surface area contributed by atoms with Crippen molar-refractivity contribution in [3.8, 4) is 0 Å². The molecule has 10 heteroatoms. The Morgan fingerprint density at radius 1 is 1.42 bits per heavy atom. The molecule has 0 bridgehead atoms. The maximum absolute atomic E-state index is 13.9. The molecule has 0 spiro atoms. The summed E-state index contributed by atoms with van der Waals surface area (Å²) in [6, 6.07) is 1.39. The molecule has 1 aromatic rings. The van der Waals surface area contributed by atoms with Gasteiger partial charge in [-0.15, -0.1) is 0 Å². The fraction of sp³-hybridized carbons (Fsp3) is 0.625. The van der Waals surface area contributed by atoms with Gasteiger partial charge in [0.1, 0.15) is 31.4 Å². The fourth-order valence-corrected chi connectivity index (χ4v) is 2.59. The third-order valence-electron chi connectivity index (χ3n) is 4.09. The van der Waals surface area contributed by atoms with Crippen LogP contribution in [0.3, 0.4) is 0 Å². The molecule has 0 aliphatic carbocycles. The van der Waals surface area contributed by atoms with Crippen LogP contribution in [0.15, 0.2) is 17.1 Å². The average molecular weight is 371 g/mol. The van der Waals surface area contributed by atoms with Gasteiger partial charge in [-0.1, -0.05) is 13.8 Å². The van der Waals surface area contributed by atoms with Crippen molar-refractivity contribution in [1.29, 1.82) is 0 Å². The van der Waals surface area contributed by atoms with Crippen LogP contribution in [0, 0.1) is 0 Å². The van der Waals surface area contributed by atoms with Crippen LogP contribution in [-0.4, -0.2) is 46.5 Å². The maximum atomic E-state index is 13.9. The summed E-state index contributed by atoms with van der Waals surface area (Å²) in [5.74, 6) is -1.06. The van der Waals surface area contributed by atoms with Crippen molar-refractivity contribution in [1.82, 2.24) is 9.55 Å². The van der Waals surface area contributed by atoms with Crippen molar-refractivity contribution in [2.45, 2.75) is 51.0 Å². The first kappa shape index (κ1) is 19.8. The smallest absolute Gasteiger partial charge is 0.351 e. The number of carbonyl (C=O) groups excluding carboxylic acids is 2. The summed E-state index contributed by atoms with van der Waals surface area (Å²) >= 11 is 0. The molecule has 26 heavy (non-hydrogen) atoms. The fourth-order valence-electron chi connectivity index (χ4n) is 2.59. The van der Waals surface area contributed by atoms with E-state index in [-0.39, 0.29) is 25.1 Å². The number of aromatic nitrogens is 2.